The number of nitrogens with one attached hydrogen (secondary N) is 2. The van der Waals surface area contributed by atoms with Crippen LogP contribution in [-0.2, 0) is 6.54 Å². The van der Waals surface area contributed by atoms with Crippen molar-refractivity contribution in [1.82, 2.24) is 9.97 Å². The molecule has 1 aromatic heterocycles. The Morgan fingerprint density at radius 1 is 1.47 bits per heavy atom. The fourth-order valence-electron chi connectivity index (χ4n) is 1.36. The maximum atomic E-state index is 4.15. The summed E-state index contributed by atoms with van der Waals surface area (Å²) in [5.41, 5.74) is 2.24. The number of imidazole rings is 1. The van der Waals surface area contributed by atoms with Crippen LogP contribution in [0.4, 0.5) is 5.69 Å². The molecule has 0 amide bonds. The van der Waals surface area contributed by atoms with Gasteiger partial charge in [-0.2, -0.15) is 0 Å². The van der Waals surface area contributed by atoms with Crippen molar-refractivity contribution in [2.24, 2.45) is 0 Å². The highest BCUT2D eigenvalue weighted by Crippen LogP contribution is 2.13. The van der Waals surface area contributed by atoms with Gasteiger partial charge in [-0.1, -0.05) is 6.07 Å². The third-order valence-corrected chi connectivity index (χ3v) is 2.73. The highest BCUT2D eigenvalue weighted by atomic mass is 127. The molecular weight excluding hydrogens is 301 g/mol. The van der Waals surface area contributed by atoms with E-state index in [9.17, 15) is 0 Å². The van der Waals surface area contributed by atoms with Crippen LogP contribution in [0.1, 0.15) is 11.5 Å². The summed E-state index contributed by atoms with van der Waals surface area (Å²) in [6, 6.07) is 8.30. The molecule has 0 bridgehead atoms. The van der Waals surface area contributed by atoms with Crippen LogP contribution in [0.25, 0.3) is 0 Å². The quantitative estimate of drug-likeness (QED) is 0.856. The molecule has 0 atom stereocenters. The molecule has 0 aliphatic carbocycles. The monoisotopic (exact) mass is 313 g/mol. The van der Waals surface area contributed by atoms with Gasteiger partial charge in [-0.3, -0.25) is 0 Å². The van der Waals surface area contributed by atoms with Gasteiger partial charge in [0.15, 0.2) is 0 Å². The van der Waals surface area contributed by atoms with E-state index in [1.807, 2.05) is 19.2 Å². The Morgan fingerprint density at radius 3 is 3.00 bits per heavy atom. The molecule has 0 radical (unpaired) electrons. The molecule has 0 saturated heterocycles. The summed E-state index contributed by atoms with van der Waals surface area (Å²) in [6.07, 6.45) is 1.86. The molecule has 78 valence electrons. The number of H-pyrrole nitrogens is 1. The fourth-order valence-corrected chi connectivity index (χ4v) is 1.90. The Balaban J connectivity index is 1.99. The summed E-state index contributed by atoms with van der Waals surface area (Å²) in [4.78, 5) is 7.33. The number of hydrogen-bond acceptors (Lipinski definition) is 2. The molecule has 2 rings (SSSR count). The van der Waals surface area contributed by atoms with Gasteiger partial charge in [-0.05, 0) is 47.7 Å². The molecule has 2 aromatic rings. The maximum absolute atomic E-state index is 4.15. The van der Waals surface area contributed by atoms with Crippen LogP contribution in [-0.4, -0.2) is 9.97 Å². The average Bonchev–Trinajstić information content (AvgIpc) is 2.62. The van der Waals surface area contributed by atoms with Crippen molar-refractivity contribution in [3.63, 3.8) is 0 Å². The zero-order valence-corrected chi connectivity index (χ0v) is 10.6. The van der Waals surface area contributed by atoms with Crippen LogP contribution in [0.5, 0.6) is 0 Å². The lowest BCUT2D eigenvalue weighted by Crippen LogP contribution is -1.99. The first kappa shape index (κ1) is 10.5. The normalized spacial score (nSPS) is 10.3. The predicted molar refractivity (Wildman–Crippen MR) is 69.8 cm³/mol. The zero-order valence-electron chi connectivity index (χ0n) is 8.42. The number of anilines is 1. The summed E-state index contributed by atoms with van der Waals surface area (Å²) in [6.45, 7) is 2.73. The molecule has 0 unspecified atom stereocenters. The van der Waals surface area contributed by atoms with Gasteiger partial charge >= 0.3 is 0 Å². The Hall–Kier alpha value is -1.04. The van der Waals surface area contributed by atoms with E-state index in [4.69, 9.17) is 0 Å². The lowest BCUT2D eigenvalue weighted by atomic mass is 10.3. The van der Waals surface area contributed by atoms with Gasteiger partial charge in [-0.25, -0.2) is 4.98 Å². The van der Waals surface area contributed by atoms with Gasteiger partial charge in [-0.15, -0.1) is 0 Å². The van der Waals surface area contributed by atoms with Crippen LogP contribution in [0.3, 0.4) is 0 Å². The van der Waals surface area contributed by atoms with E-state index in [0.29, 0.717) is 0 Å². The third kappa shape index (κ3) is 2.95. The number of aromatic nitrogens is 2. The van der Waals surface area contributed by atoms with Gasteiger partial charge in [0.1, 0.15) is 5.82 Å². The van der Waals surface area contributed by atoms with E-state index in [1.165, 1.54) is 3.57 Å². The number of halogens is 1. The van der Waals surface area contributed by atoms with Gasteiger partial charge < -0.3 is 10.3 Å². The molecule has 0 aliphatic heterocycles. The minimum Gasteiger partial charge on any atom is -0.379 e. The van der Waals surface area contributed by atoms with Crippen molar-refractivity contribution in [3.8, 4) is 0 Å². The molecule has 0 spiro atoms. The van der Waals surface area contributed by atoms with E-state index in [0.717, 1.165) is 23.8 Å². The first-order chi connectivity index (χ1) is 7.24. The van der Waals surface area contributed by atoms with Crippen molar-refractivity contribution >= 4 is 28.3 Å². The molecule has 4 heteroatoms. The smallest absolute Gasteiger partial charge is 0.103 e. The second-order valence-corrected chi connectivity index (χ2v) is 4.60. The number of aromatic amines is 1. The number of rotatable bonds is 3. The first-order valence-electron chi connectivity index (χ1n) is 4.74. The predicted octanol–water partition coefficient (Wildman–Crippen LogP) is 2.93. The van der Waals surface area contributed by atoms with Crippen LogP contribution in [0, 0.1) is 10.5 Å². The highest BCUT2D eigenvalue weighted by Gasteiger charge is 1.97. The highest BCUT2D eigenvalue weighted by molar-refractivity contribution is 14.1. The lowest BCUT2D eigenvalue weighted by Gasteiger charge is -2.04. The SMILES string of the molecule is Cc1ncc(CNc2cccc(I)c2)[nH]1. The topological polar surface area (TPSA) is 40.7 Å². The molecule has 1 heterocycles. The molecule has 0 fully saturated rings. The molecule has 3 nitrogen and oxygen atoms in total. The Labute approximate surface area is 102 Å². The lowest BCUT2D eigenvalue weighted by molar-refractivity contribution is 1.05. The summed E-state index contributed by atoms with van der Waals surface area (Å²) >= 11 is 2.30. The second-order valence-electron chi connectivity index (χ2n) is 3.36. The largest absolute Gasteiger partial charge is 0.379 e. The minimum absolute atomic E-state index is 0.779. The summed E-state index contributed by atoms with van der Waals surface area (Å²) in [5.74, 6) is 0.953. The summed E-state index contributed by atoms with van der Waals surface area (Å²) in [7, 11) is 0. The fraction of sp³-hybridized carbons (Fsp3) is 0.182. The molecule has 0 aliphatic rings. The van der Waals surface area contributed by atoms with E-state index in [-0.39, 0.29) is 0 Å². The van der Waals surface area contributed by atoms with E-state index < -0.39 is 0 Å². The number of hydrogen-bond donors (Lipinski definition) is 2. The van der Waals surface area contributed by atoms with E-state index in [1.54, 1.807) is 0 Å². The van der Waals surface area contributed by atoms with Crippen molar-refractivity contribution in [1.29, 1.82) is 0 Å². The van der Waals surface area contributed by atoms with Crippen molar-refractivity contribution in [3.05, 3.63) is 45.6 Å². The van der Waals surface area contributed by atoms with Crippen LogP contribution < -0.4 is 5.32 Å². The first-order valence-corrected chi connectivity index (χ1v) is 5.82. The van der Waals surface area contributed by atoms with Gasteiger partial charge in [0, 0.05) is 9.26 Å². The van der Waals surface area contributed by atoms with Crippen LogP contribution in [0.15, 0.2) is 30.5 Å². The molecule has 15 heavy (non-hydrogen) atoms. The molecule has 1 aromatic carbocycles. The molecule has 0 saturated carbocycles. The summed E-state index contributed by atoms with van der Waals surface area (Å²) < 4.78 is 1.23. The summed E-state index contributed by atoms with van der Waals surface area (Å²) in [5, 5.41) is 3.34. The van der Waals surface area contributed by atoms with Crippen LogP contribution >= 0.6 is 22.6 Å². The average molecular weight is 313 g/mol. The third-order valence-electron chi connectivity index (χ3n) is 2.06. The maximum Gasteiger partial charge on any atom is 0.103 e. The second kappa shape index (κ2) is 4.65. The van der Waals surface area contributed by atoms with E-state index >= 15 is 0 Å². The van der Waals surface area contributed by atoms with Gasteiger partial charge in [0.05, 0.1) is 18.4 Å². The molecule has 2 N–H and O–H groups in total. The Bertz CT molecular complexity index is 451. The van der Waals surface area contributed by atoms with Gasteiger partial charge in [0.2, 0.25) is 0 Å². The number of benzene rings is 1. The van der Waals surface area contributed by atoms with Crippen molar-refractivity contribution < 1.29 is 0 Å². The number of nitrogens with zero attached hydrogens (tertiary/aromatic N) is 1. The number of aryl methyl sites for hydroxylation is 1. The Morgan fingerprint density at radius 2 is 2.33 bits per heavy atom. The van der Waals surface area contributed by atoms with Crippen molar-refractivity contribution in [2.45, 2.75) is 13.5 Å². The van der Waals surface area contributed by atoms with Gasteiger partial charge in [0.25, 0.3) is 0 Å². The van der Waals surface area contributed by atoms with Crippen molar-refractivity contribution in [2.75, 3.05) is 5.32 Å². The molecular formula is C11H12IN3. The van der Waals surface area contributed by atoms with Crippen LogP contribution in [0.2, 0.25) is 0 Å². The Kier molecular flexibility index (Phi) is 3.25. The van der Waals surface area contributed by atoms with E-state index in [2.05, 4.69) is 56.1 Å². The zero-order chi connectivity index (χ0) is 10.7. The minimum atomic E-state index is 0.779. The standard InChI is InChI=1S/C11H12IN3/c1-8-13-6-11(15-8)7-14-10-4-2-3-9(12)5-10/h2-6,14H,7H2,1H3,(H,13,15).